The highest BCUT2D eigenvalue weighted by atomic mass is 16.1. The quantitative estimate of drug-likeness (QED) is 0.655. The number of hydrogen-bond donors (Lipinski definition) is 3. The van der Waals surface area contributed by atoms with Gasteiger partial charge in [0.05, 0.1) is 11.9 Å². The van der Waals surface area contributed by atoms with Crippen molar-refractivity contribution >= 4 is 22.5 Å². The van der Waals surface area contributed by atoms with Crippen LogP contribution in [0.5, 0.6) is 0 Å². The number of para-hydroxylation sites is 1. The molecule has 0 saturated carbocycles. The highest BCUT2D eigenvalue weighted by Crippen LogP contribution is 2.18. The third kappa shape index (κ3) is 2.49. The molecule has 0 fully saturated rings. The van der Waals surface area contributed by atoms with E-state index in [4.69, 9.17) is 5.73 Å². The summed E-state index contributed by atoms with van der Waals surface area (Å²) in [5.41, 5.74) is 8.28. The SMILES string of the molecule is NC(=O)Cn1cc(NCc2c[nH]c3ccccc23)cn1. The van der Waals surface area contributed by atoms with Crippen molar-refractivity contribution in [1.82, 2.24) is 14.8 Å². The van der Waals surface area contributed by atoms with E-state index < -0.39 is 5.91 Å². The molecule has 20 heavy (non-hydrogen) atoms. The first-order chi connectivity index (χ1) is 9.72. The van der Waals surface area contributed by atoms with Gasteiger partial charge in [-0.25, -0.2) is 0 Å². The third-order valence-corrected chi connectivity index (χ3v) is 3.11. The predicted molar refractivity (Wildman–Crippen MR) is 77.0 cm³/mol. The van der Waals surface area contributed by atoms with Crippen LogP contribution in [0, 0.1) is 0 Å². The maximum atomic E-state index is 10.8. The van der Waals surface area contributed by atoms with Gasteiger partial charge in [-0.1, -0.05) is 18.2 Å². The van der Waals surface area contributed by atoms with E-state index in [1.165, 1.54) is 15.6 Å². The highest BCUT2D eigenvalue weighted by molar-refractivity contribution is 5.83. The topological polar surface area (TPSA) is 88.7 Å². The van der Waals surface area contributed by atoms with E-state index in [-0.39, 0.29) is 6.54 Å². The summed E-state index contributed by atoms with van der Waals surface area (Å²) in [4.78, 5) is 14.0. The number of nitrogens with one attached hydrogen (secondary N) is 2. The van der Waals surface area contributed by atoms with Gasteiger partial charge in [0.2, 0.25) is 5.91 Å². The number of carbonyl (C=O) groups is 1. The smallest absolute Gasteiger partial charge is 0.239 e. The van der Waals surface area contributed by atoms with Gasteiger partial charge >= 0.3 is 0 Å². The summed E-state index contributed by atoms with van der Waals surface area (Å²) in [6.45, 7) is 0.779. The number of nitrogens with zero attached hydrogens (tertiary/aromatic N) is 2. The molecule has 6 nitrogen and oxygen atoms in total. The molecule has 0 unspecified atom stereocenters. The first-order valence-corrected chi connectivity index (χ1v) is 6.32. The van der Waals surface area contributed by atoms with Gasteiger partial charge in [0.15, 0.2) is 0 Å². The first kappa shape index (κ1) is 12.3. The molecule has 3 aromatic rings. The molecule has 0 spiro atoms. The van der Waals surface area contributed by atoms with Crippen molar-refractivity contribution in [2.24, 2.45) is 5.73 Å². The van der Waals surface area contributed by atoms with E-state index in [0.717, 1.165) is 11.2 Å². The second-order valence-corrected chi connectivity index (χ2v) is 4.61. The van der Waals surface area contributed by atoms with Gasteiger partial charge in [-0.05, 0) is 11.6 Å². The fraction of sp³-hybridized carbons (Fsp3) is 0.143. The molecule has 1 amide bonds. The number of primary amides is 1. The molecule has 2 aromatic heterocycles. The Hall–Kier alpha value is -2.76. The second kappa shape index (κ2) is 5.08. The molecule has 0 aliphatic heterocycles. The number of H-pyrrole nitrogens is 1. The molecule has 0 atom stereocenters. The van der Waals surface area contributed by atoms with Gasteiger partial charge in [-0.15, -0.1) is 0 Å². The van der Waals surface area contributed by atoms with E-state index in [1.807, 2.05) is 24.4 Å². The standard InChI is InChI=1S/C14H15N5O/c15-14(20)9-19-8-11(7-18-19)16-5-10-6-17-13-4-2-1-3-12(10)13/h1-4,6-8,16-17H,5,9H2,(H2,15,20). The van der Waals surface area contributed by atoms with Crippen LogP contribution in [-0.2, 0) is 17.9 Å². The summed E-state index contributed by atoms with van der Waals surface area (Å²) >= 11 is 0. The zero-order chi connectivity index (χ0) is 13.9. The fourth-order valence-electron chi connectivity index (χ4n) is 2.18. The van der Waals surface area contributed by atoms with E-state index in [9.17, 15) is 4.79 Å². The number of carbonyl (C=O) groups excluding carboxylic acids is 1. The summed E-state index contributed by atoms with van der Waals surface area (Å²) < 4.78 is 1.51. The Balaban J connectivity index is 1.70. The predicted octanol–water partition coefficient (Wildman–Crippen LogP) is 1.46. The maximum Gasteiger partial charge on any atom is 0.239 e. The van der Waals surface area contributed by atoms with E-state index in [1.54, 1.807) is 12.4 Å². The Morgan fingerprint density at radius 1 is 1.40 bits per heavy atom. The van der Waals surface area contributed by atoms with Crippen molar-refractivity contribution in [2.75, 3.05) is 5.32 Å². The number of benzene rings is 1. The third-order valence-electron chi connectivity index (χ3n) is 3.11. The van der Waals surface area contributed by atoms with Crippen LogP contribution in [0.1, 0.15) is 5.56 Å². The molecule has 1 aromatic carbocycles. The van der Waals surface area contributed by atoms with E-state index in [2.05, 4.69) is 21.5 Å². The van der Waals surface area contributed by atoms with Crippen molar-refractivity contribution in [3.05, 3.63) is 48.4 Å². The van der Waals surface area contributed by atoms with E-state index >= 15 is 0 Å². The number of aromatic nitrogens is 3. The molecule has 6 heteroatoms. The van der Waals surface area contributed by atoms with Crippen LogP contribution in [0.15, 0.2) is 42.9 Å². The second-order valence-electron chi connectivity index (χ2n) is 4.61. The zero-order valence-corrected chi connectivity index (χ0v) is 10.8. The lowest BCUT2D eigenvalue weighted by atomic mass is 10.2. The average molecular weight is 269 g/mol. The van der Waals surface area contributed by atoms with Gasteiger partial charge in [-0.2, -0.15) is 5.10 Å². The van der Waals surface area contributed by atoms with Gasteiger partial charge in [0.1, 0.15) is 6.54 Å². The van der Waals surface area contributed by atoms with Crippen LogP contribution >= 0.6 is 0 Å². The first-order valence-electron chi connectivity index (χ1n) is 6.32. The van der Waals surface area contributed by atoms with Crippen LogP contribution in [-0.4, -0.2) is 20.7 Å². The average Bonchev–Trinajstić information content (AvgIpc) is 3.02. The monoisotopic (exact) mass is 269 g/mol. The molecular formula is C14H15N5O. The molecule has 4 N–H and O–H groups in total. The summed E-state index contributed by atoms with van der Waals surface area (Å²) in [5.74, 6) is -0.406. The molecule has 0 bridgehead atoms. The number of fused-ring (bicyclic) bond motifs is 1. The Bertz CT molecular complexity index is 743. The number of amides is 1. The molecule has 102 valence electrons. The van der Waals surface area contributed by atoms with Crippen LogP contribution < -0.4 is 11.1 Å². The number of rotatable bonds is 5. The molecular weight excluding hydrogens is 254 g/mol. The largest absolute Gasteiger partial charge is 0.378 e. The van der Waals surface area contributed by atoms with Crippen LogP contribution in [0.4, 0.5) is 5.69 Å². The number of aromatic amines is 1. The molecule has 3 rings (SSSR count). The van der Waals surface area contributed by atoms with Gasteiger partial charge in [0.25, 0.3) is 0 Å². The van der Waals surface area contributed by atoms with Crippen LogP contribution in [0.25, 0.3) is 10.9 Å². The van der Waals surface area contributed by atoms with Crippen molar-refractivity contribution in [3.63, 3.8) is 0 Å². The lowest BCUT2D eigenvalue weighted by Crippen LogP contribution is -2.18. The minimum atomic E-state index is -0.406. The fourth-order valence-corrected chi connectivity index (χ4v) is 2.18. The normalized spacial score (nSPS) is 10.8. The summed E-state index contributed by atoms with van der Waals surface area (Å²) in [6.07, 6.45) is 5.43. The summed E-state index contributed by atoms with van der Waals surface area (Å²) in [6, 6.07) is 8.15. The molecule has 0 aliphatic carbocycles. The Kier molecular flexibility index (Phi) is 3.12. The lowest BCUT2D eigenvalue weighted by Gasteiger charge is -2.02. The highest BCUT2D eigenvalue weighted by Gasteiger charge is 2.04. The Morgan fingerprint density at radius 2 is 2.25 bits per heavy atom. The Morgan fingerprint density at radius 3 is 3.10 bits per heavy atom. The minimum Gasteiger partial charge on any atom is -0.378 e. The van der Waals surface area contributed by atoms with Gasteiger partial charge < -0.3 is 16.0 Å². The maximum absolute atomic E-state index is 10.8. The lowest BCUT2D eigenvalue weighted by molar-refractivity contribution is -0.118. The van der Waals surface area contributed by atoms with Crippen LogP contribution in [0.2, 0.25) is 0 Å². The number of hydrogen-bond acceptors (Lipinski definition) is 3. The van der Waals surface area contributed by atoms with Crippen molar-refractivity contribution in [2.45, 2.75) is 13.1 Å². The van der Waals surface area contributed by atoms with Crippen molar-refractivity contribution in [3.8, 4) is 0 Å². The van der Waals surface area contributed by atoms with Crippen molar-refractivity contribution in [1.29, 1.82) is 0 Å². The minimum absolute atomic E-state index is 0.0920. The summed E-state index contributed by atoms with van der Waals surface area (Å²) in [5, 5.41) is 8.54. The zero-order valence-electron chi connectivity index (χ0n) is 10.8. The van der Waals surface area contributed by atoms with Crippen molar-refractivity contribution < 1.29 is 4.79 Å². The molecule has 0 aliphatic rings. The van der Waals surface area contributed by atoms with E-state index in [0.29, 0.717) is 6.54 Å². The van der Waals surface area contributed by atoms with Gasteiger partial charge in [0, 0.05) is 29.8 Å². The van der Waals surface area contributed by atoms with Crippen LogP contribution in [0.3, 0.4) is 0 Å². The molecule has 0 radical (unpaired) electrons. The van der Waals surface area contributed by atoms with Gasteiger partial charge in [-0.3, -0.25) is 9.48 Å². The Labute approximate surface area is 115 Å². The summed E-state index contributed by atoms with van der Waals surface area (Å²) in [7, 11) is 0. The molecule has 0 saturated heterocycles. The molecule has 2 heterocycles. The number of anilines is 1. The number of nitrogens with two attached hydrogens (primary N) is 1.